The van der Waals surface area contributed by atoms with E-state index in [2.05, 4.69) is 53.3 Å². The highest BCUT2D eigenvalue weighted by molar-refractivity contribution is 9.10. The number of aryl methyl sites for hydroxylation is 2. The molecular weight excluding hydrogens is 390 g/mol. The van der Waals surface area contributed by atoms with E-state index in [1.807, 2.05) is 0 Å². The van der Waals surface area contributed by atoms with Crippen LogP contribution in [0.3, 0.4) is 0 Å². The summed E-state index contributed by atoms with van der Waals surface area (Å²) in [5.74, 6) is 0.442. The minimum atomic E-state index is -0.152. The van der Waals surface area contributed by atoms with E-state index in [-0.39, 0.29) is 12.5 Å². The summed E-state index contributed by atoms with van der Waals surface area (Å²) in [7, 11) is 0. The third-order valence-corrected chi connectivity index (χ3v) is 4.64. The number of carbonyl (C=O) groups is 1. The van der Waals surface area contributed by atoms with Crippen molar-refractivity contribution in [1.82, 2.24) is 5.32 Å². The molecule has 0 aliphatic heterocycles. The van der Waals surface area contributed by atoms with Crippen molar-refractivity contribution in [3.63, 3.8) is 0 Å². The van der Waals surface area contributed by atoms with Crippen LogP contribution in [0.2, 0.25) is 5.02 Å². The lowest BCUT2D eigenvalue weighted by atomic mass is 10.0. The molecule has 3 nitrogen and oxygen atoms in total. The number of hydrogen-bond acceptors (Lipinski definition) is 2. The van der Waals surface area contributed by atoms with Crippen LogP contribution < -0.4 is 10.1 Å². The van der Waals surface area contributed by atoms with E-state index in [4.69, 9.17) is 16.3 Å². The standard InChI is InChI=1S/C19H21BrClNO2/c1-3-13-5-6-14(4-2)15(9-13)11-22-19(23)12-24-18-8-7-16(21)10-17(18)20/h5-10H,3-4,11-12H2,1-2H3,(H,22,23). The summed E-state index contributed by atoms with van der Waals surface area (Å²) >= 11 is 9.25. The summed E-state index contributed by atoms with van der Waals surface area (Å²) in [4.78, 5) is 12.0. The molecule has 0 aliphatic rings. The highest BCUT2D eigenvalue weighted by Crippen LogP contribution is 2.27. The van der Waals surface area contributed by atoms with Gasteiger partial charge in [-0.1, -0.05) is 43.6 Å². The first-order chi connectivity index (χ1) is 11.5. The highest BCUT2D eigenvalue weighted by atomic mass is 79.9. The zero-order chi connectivity index (χ0) is 17.5. The largest absolute Gasteiger partial charge is 0.483 e. The summed E-state index contributed by atoms with van der Waals surface area (Å²) in [6.07, 6.45) is 1.93. The molecular formula is C19H21BrClNO2. The molecule has 128 valence electrons. The van der Waals surface area contributed by atoms with Gasteiger partial charge in [-0.3, -0.25) is 4.79 Å². The van der Waals surface area contributed by atoms with Gasteiger partial charge in [-0.2, -0.15) is 0 Å². The van der Waals surface area contributed by atoms with Crippen molar-refractivity contribution in [3.8, 4) is 5.75 Å². The van der Waals surface area contributed by atoms with Crippen LogP contribution in [0.4, 0.5) is 0 Å². The number of halogens is 2. The van der Waals surface area contributed by atoms with Crippen LogP contribution in [-0.2, 0) is 24.2 Å². The van der Waals surface area contributed by atoms with E-state index < -0.39 is 0 Å². The van der Waals surface area contributed by atoms with Crippen LogP contribution in [0.1, 0.15) is 30.5 Å². The molecule has 0 heterocycles. The topological polar surface area (TPSA) is 38.3 Å². The van der Waals surface area contributed by atoms with Crippen molar-refractivity contribution in [2.24, 2.45) is 0 Å². The Morgan fingerprint density at radius 2 is 1.92 bits per heavy atom. The van der Waals surface area contributed by atoms with Crippen LogP contribution in [0.5, 0.6) is 5.75 Å². The zero-order valence-corrected chi connectivity index (χ0v) is 16.2. The van der Waals surface area contributed by atoms with E-state index in [1.165, 1.54) is 11.1 Å². The number of ether oxygens (including phenoxy) is 1. The lowest BCUT2D eigenvalue weighted by Crippen LogP contribution is -2.28. The van der Waals surface area contributed by atoms with Gasteiger partial charge in [0.05, 0.1) is 4.47 Å². The Morgan fingerprint density at radius 1 is 1.12 bits per heavy atom. The molecule has 2 aromatic carbocycles. The number of hydrogen-bond donors (Lipinski definition) is 1. The van der Waals surface area contributed by atoms with E-state index in [0.717, 1.165) is 22.9 Å². The third-order valence-electron chi connectivity index (χ3n) is 3.79. The maximum atomic E-state index is 12.0. The number of benzene rings is 2. The van der Waals surface area contributed by atoms with Crippen LogP contribution in [0, 0.1) is 0 Å². The summed E-state index contributed by atoms with van der Waals surface area (Å²) < 4.78 is 6.25. The molecule has 2 rings (SSSR count). The van der Waals surface area contributed by atoms with Gasteiger partial charge < -0.3 is 10.1 Å². The van der Waals surface area contributed by atoms with Crippen molar-refractivity contribution in [3.05, 3.63) is 62.6 Å². The Hall–Kier alpha value is -1.52. The SMILES string of the molecule is CCc1ccc(CC)c(CNC(=O)COc2ccc(Cl)cc2Br)c1. The fourth-order valence-corrected chi connectivity index (χ4v) is 3.19. The molecule has 0 aliphatic carbocycles. The Morgan fingerprint density at radius 3 is 2.58 bits per heavy atom. The summed E-state index contributed by atoms with van der Waals surface area (Å²) in [5, 5.41) is 3.53. The molecule has 0 fully saturated rings. The third kappa shape index (κ3) is 5.25. The lowest BCUT2D eigenvalue weighted by Gasteiger charge is -2.12. The first kappa shape index (κ1) is 18.8. The summed E-state index contributed by atoms with van der Waals surface area (Å²) in [5.41, 5.74) is 3.70. The molecule has 2 aromatic rings. The molecule has 0 radical (unpaired) electrons. The van der Waals surface area contributed by atoms with Crippen molar-refractivity contribution < 1.29 is 9.53 Å². The molecule has 0 unspecified atom stereocenters. The zero-order valence-electron chi connectivity index (χ0n) is 13.9. The monoisotopic (exact) mass is 409 g/mol. The van der Waals surface area contributed by atoms with Crippen LogP contribution in [0.15, 0.2) is 40.9 Å². The molecule has 0 bridgehead atoms. The van der Waals surface area contributed by atoms with E-state index in [1.54, 1.807) is 18.2 Å². The van der Waals surface area contributed by atoms with Crippen LogP contribution in [-0.4, -0.2) is 12.5 Å². The molecule has 1 N–H and O–H groups in total. The Labute approximate surface area is 156 Å². The number of rotatable bonds is 7. The van der Waals surface area contributed by atoms with Gasteiger partial charge >= 0.3 is 0 Å². The Balaban J connectivity index is 1.91. The van der Waals surface area contributed by atoms with Crippen molar-refractivity contribution in [1.29, 1.82) is 0 Å². The average molecular weight is 411 g/mol. The molecule has 0 saturated heterocycles. The van der Waals surface area contributed by atoms with Gasteiger partial charge in [-0.05, 0) is 63.7 Å². The fraction of sp³-hybridized carbons (Fsp3) is 0.316. The minimum absolute atomic E-state index is 0.0326. The van der Waals surface area contributed by atoms with Gasteiger partial charge in [0.2, 0.25) is 0 Å². The first-order valence-corrected chi connectivity index (χ1v) is 9.15. The average Bonchev–Trinajstić information content (AvgIpc) is 2.58. The molecule has 5 heteroatoms. The van der Waals surface area contributed by atoms with Crippen LogP contribution in [0.25, 0.3) is 0 Å². The molecule has 0 atom stereocenters. The maximum absolute atomic E-state index is 12.0. The summed E-state index contributed by atoms with van der Waals surface area (Å²) in [6, 6.07) is 11.6. The van der Waals surface area contributed by atoms with Crippen molar-refractivity contribution in [2.75, 3.05) is 6.61 Å². The normalized spacial score (nSPS) is 10.5. The molecule has 0 aromatic heterocycles. The summed E-state index contributed by atoms with van der Waals surface area (Å²) in [6.45, 7) is 4.73. The second kappa shape index (κ2) is 9.09. The van der Waals surface area contributed by atoms with Crippen molar-refractivity contribution in [2.45, 2.75) is 33.2 Å². The van der Waals surface area contributed by atoms with Crippen molar-refractivity contribution >= 4 is 33.4 Å². The maximum Gasteiger partial charge on any atom is 0.258 e. The minimum Gasteiger partial charge on any atom is -0.483 e. The molecule has 0 saturated carbocycles. The van der Waals surface area contributed by atoms with E-state index in [0.29, 0.717) is 17.3 Å². The van der Waals surface area contributed by atoms with Gasteiger partial charge in [0.15, 0.2) is 6.61 Å². The second-order valence-corrected chi connectivity index (χ2v) is 6.74. The van der Waals surface area contributed by atoms with Gasteiger partial charge in [0.1, 0.15) is 5.75 Å². The number of nitrogens with one attached hydrogen (secondary N) is 1. The molecule has 1 amide bonds. The Kier molecular flexibility index (Phi) is 7.13. The molecule has 0 spiro atoms. The van der Waals surface area contributed by atoms with E-state index in [9.17, 15) is 4.79 Å². The van der Waals surface area contributed by atoms with E-state index >= 15 is 0 Å². The fourth-order valence-electron chi connectivity index (χ4n) is 2.39. The highest BCUT2D eigenvalue weighted by Gasteiger charge is 2.08. The van der Waals surface area contributed by atoms with Gasteiger partial charge in [-0.25, -0.2) is 0 Å². The van der Waals surface area contributed by atoms with Gasteiger partial charge in [0, 0.05) is 11.6 Å². The predicted molar refractivity (Wildman–Crippen MR) is 102 cm³/mol. The molecule has 24 heavy (non-hydrogen) atoms. The van der Waals surface area contributed by atoms with Gasteiger partial charge in [0.25, 0.3) is 5.91 Å². The number of carbonyl (C=O) groups excluding carboxylic acids is 1. The Bertz CT molecular complexity index is 719. The number of amides is 1. The first-order valence-electron chi connectivity index (χ1n) is 7.98. The predicted octanol–water partition coefficient (Wildman–Crippen LogP) is 4.92. The second-order valence-electron chi connectivity index (χ2n) is 5.45. The lowest BCUT2D eigenvalue weighted by molar-refractivity contribution is -0.123. The van der Waals surface area contributed by atoms with Crippen LogP contribution >= 0.6 is 27.5 Å². The van der Waals surface area contributed by atoms with Gasteiger partial charge in [-0.15, -0.1) is 0 Å². The smallest absolute Gasteiger partial charge is 0.258 e. The quantitative estimate of drug-likeness (QED) is 0.703.